The maximum absolute atomic E-state index is 13.3. The Morgan fingerprint density at radius 3 is 2.95 bits per heavy atom. The van der Waals surface area contributed by atoms with Crippen LogP contribution in [0.5, 0.6) is 0 Å². The zero-order valence-corrected chi connectivity index (χ0v) is 11.9. The number of thiazole rings is 1. The molecule has 7 heteroatoms. The normalized spacial score (nSPS) is 10.6. The summed E-state index contributed by atoms with van der Waals surface area (Å²) in [7, 11) is 1.43. The number of hydrogen-bond donors (Lipinski definition) is 2. The topological polar surface area (TPSA) is 77.2 Å². The summed E-state index contributed by atoms with van der Waals surface area (Å²) in [6, 6.07) is 4.64. The van der Waals surface area contributed by atoms with Gasteiger partial charge >= 0.3 is 0 Å². The molecule has 1 heterocycles. The first-order valence-corrected chi connectivity index (χ1v) is 6.64. The van der Waals surface area contributed by atoms with Crippen LogP contribution >= 0.6 is 11.3 Å². The monoisotopic (exact) mass is 295 g/mol. The van der Waals surface area contributed by atoms with E-state index in [1.807, 2.05) is 0 Å². The van der Waals surface area contributed by atoms with Gasteiger partial charge in [-0.05, 0) is 30.7 Å². The number of nitrogen functional groups attached to an aromatic ring is 1. The Labute approximate surface area is 119 Å². The highest BCUT2D eigenvalue weighted by atomic mass is 32.1. The van der Waals surface area contributed by atoms with Gasteiger partial charge in [-0.25, -0.2) is 9.37 Å². The Kier molecular flexibility index (Phi) is 4.31. The van der Waals surface area contributed by atoms with Crippen LogP contribution in [0.2, 0.25) is 0 Å². The molecule has 5 nitrogen and oxygen atoms in total. The number of nitrogens with one attached hydrogen (secondary N) is 1. The summed E-state index contributed by atoms with van der Waals surface area (Å²) in [5, 5.41) is 3.44. The molecule has 1 aromatic heterocycles. The molecule has 0 aliphatic carbocycles. The van der Waals surface area contributed by atoms with Gasteiger partial charge < -0.3 is 10.5 Å². The Bertz CT molecular complexity index is 643. The Morgan fingerprint density at radius 1 is 1.55 bits per heavy atom. The predicted molar refractivity (Wildman–Crippen MR) is 77.2 cm³/mol. The fourth-order valence-corrected chi connectivity index (χ4v) is 2.44. The van der Waals surface area contributed by atoms with E-state index in [4.69, 9.17) is 10.5 Å². The average Bonchev–Trinajstić information content (AvgIpc) is 2.74. The average molecular weight is 295 g/mol. The van der Waals surface area contributed by atoms with E-state index in [-0.39, 0.29) is 18.3 Å². The van der Waals surface area contributed by atoms with Crippen LogP contribution in [-0.2, 0) is 9.53 Å². The zero-order chi connectivity index (χ0) is 14.7. The van der Waals surface area contributed by atoms with E-state index in [2.05, 4.69) is 10.3 Å². The van der Waals surface area contributed by atoms with Gasteiger partial charge in [0.15, 0.2) is 5.13 Å². The minimum atomic E-state index is -0.303. The van der Waals surface area contributed by atoms with E-state index in [9.17, 15) is 9.18 Å². The first-order chi connectivity index (χ1) is 9.51. The number of amides is 1. The largest absolute Gasteiger partial charge is 0.389 e. The maximum Gasteiger partial charge on any atom is 0.252 e. The lowest BCUT2D eigenvalue weighted by molar-refractivity contribution is -0.119. The number of hydrogen-bond acceptors (Lipinski definition) is 5. The molecule has 0 aliphatic rings. The number of carbonyl (C=O) groups excluding carboxylic acids is 1. The van der Waals surface area contributed by atoms with Crippen LogP contribution in [-0.4, -0.2) is 24.6 Å². The smallest absolute Gasteiger partial charge is 0.252 e. The summed E-state index contributed by atoms with van der Waals surface area (Å²) in [4.78, 5) is 15.7. The summed E-state index contributed by atoms with van der Waals surface area (Å²) < 4.78 is 18.0. The molecule has 0 spiro atoms. The number of aromatic nitrogens is 1. The van der Waals surface area contributed by atoms with Gasteiger partial charge in [-0.3, -0.25) is 10.1 Å². The van der Waals surface area contributed by atoms with Crippen LogP contribution in [0.1, 0.15) is 5.56 Å². The van der Waals surface area contributed by atoms with Crippen LogP contribution < -0.4 is 11.1 Å². The zero-order valence-electron chi connectivity index (χ0n) is 11.1. The number of ether oxygens (including phenoxy) is 1. The van der Waals surface area contributed by atoms with Crippen LogP contribution in [0, 0.1) is 12.7 Å². The molecular formula is C13H14FN3O2S. The molecule has 0 radical (unpaired) electrons. The number of halogens is 1. The van der Waals surface area contributed by atoms with Crippen molar-refractivity contribution in [3.8, 4) is 11.3 Å². The highest BCUT2D eigenvalue weighted by molar-refractivity contribution is 7.20. The van der Waals surface area contributed by atoms with Crippen LogP contribution in [0.15, 0.2) is 18.2 Å². The Balaban J connectivity index is 2.27. The van der Waals surface area contributed by atoms with E-state index in [1.54, 1.807) is 19.1 Å². The van der Waals surface area contributed by atoms with E-state index in [0.29, 0.717) is 27.0 Å². The number of anilines is 2. The molecule has 2 aromatic rings. The fraction of sp³-hybridized carbons (Fsp3) is 0.231. The minimum Gasteiger partial charge on any atom is -0.389 e. The summed E-state index contributed by atoms with van der Waals surface area (Å²) in [5.41, 5.74) is 7.65. The van der Waals surface area contributed by atoms with Crippen molar-refractivity contribution in [1.29, 1.82) is 0 Å². The molecule has 0 aliphatic heterocycles. The van der Waals surface area contributed by atoms with Crippen molar-refractivity contribution in [2.75, 3.05) is 24.8 Å². The summed E-state index contributed by atoms with van der Waals surface area (Å²) in [6.07, 6.45) is 0. The lowest BCUT2D eigenvalue weighted by atomic mass is 10.1. The van der Waals surface area contributed by atoms with Crippen molar-refractivity contribution in [2.24, 2.45) is 0 Å². The van der Waals surface area contributed by atoms with E-state index in [0.717, 1.165) is 11.3 Å². The van der Waals surface area contributed by atoms with Crippen molar-refractivity contribution >= 4 is 27.4 Å². The molecule has 1 aromatic carbocycles. The molecule has 106 valence electrons. The number of carbonyl (C=O) groups is 1. The third-order valence-corrected chi connectivity index (χ3v) is 3.41. The van der Waals surface area contributed by atoms with Crippen molar-refractivity contribution in [2.45, 2.75) is 6.92 Å². The summed E-state index contributed by atoms with van der Waals surface area (Å²) >= 11 is 1.16. The predicted octanol–water partition coefficient (Wildman–Crippen LogP) is 2.42. The first-order valence-electron chi connectivity index (χ1n) is 5.83. The highest BCUT2D eigenvalue weighted by Crippen LogP contribution is 2.33. The quantitative estimate of drug-likeness (QED) is 0.908. The fourth-order valence-electron chi connectivity index (χ4n) is 1.67. The third-order valence-electron chi connectivity index (χ3n) is 2.61. The lowest BCUT2D eigenvalue weighted by Gasteiger charge is -2.01. The van der Waals surface area contributed by atoms with Crippen molar-refractivity contribution in [3.63, 3.8) is 0 Å². The second-order valence-electron chi connectivity index (χ2n) is 4.18. The molecule has 3 N–H and O–H groups in total. The Morgan fingerprint density at radius 2 is 2.30 bits per heavy atom. The van der Waals surface area contributed by atoms with Crippen LogP contribution in [0.4, 0.5) is 14.5 Å². The third kappa shape index (κ3) is 3.12. The SMILES string of the molecule is COCC(=O)Nc1nc(-c2ccc(F)c(C)c2)c(N)s1. The molecule has 0 saturated heterocycles. The standard InChI is InChI=1S/C13H14FN3O2S/c1-7-5-8(3-4-9(7)14)11-12(15)20-13(17-11)16-10(18)6-19-2/h3-5H,6,15H2,1-2H3,(H,16,17,18). The molecule has 0 atom stereocenters. The highest BCUT2D eigenvalue weighted by Gasteiger charge is 2.13. The van der Waals surface area contributed by atoms with Gasteiger partial charge in [0.25, 0.3) is 5.91 Å². The summed E-state index contributed by atoms with van der Waals surface area (Å²) in [6.45, 7) is 1.62. The molecular weight excluding hydrogens is 281 g/mol. The number of methoxy groups -OCH3 is 1. The number of nitrogens with two attached hydrogens (primary N) is 1. The van der Waals surface area contributed by atoms with E-state index >= 15 is 0 Å². The van der Waals surface area contributed by atoms with Gasteiger partial charge in [0.05, 0.1) is 0 Å². The first kappa shape index (κ1) is 14.4. The van der Waals surface area contributed by atoms with Gasteiger partial charge in [0, 0.05) is 12.7 Å². The van der Waals surface area contributed by atoms with Gasteiger partial charge in [-0.15, -0.1) is 0 Å². The van der Waals surface area contributed by atoms with Crippen LogP contribution in [0.25, 0.3) is 11.3 Å². The number of aryl methyl sites for hydroxylation is 1. The molecule has 2 rings (SSSR count). The van der Waals surface area contributed by atoms with Gasteiger partial charge in [-0.2, -0.15) is 0 Å². The number of rotatable bonds is 4. The molecule has 0 fully saturated rings. The number of nitrogens with zero attached hydrogens (tertiary/aromatic N) is 1. The summed E-state index contributed by atoms with van der Waals surface area (Å²) in [5.74, 6) is -0.584. The van der Waals surface area contributed by atoms with Crippen molar-refractivity contribution in [3.05, 3.63) is 29.6 Å². The second kappa shape index (κ2) is 5.98. The van der Waals surface area contributed by atoms with E-state index < -0.39 is 0 Å². The molecule has 0 bridgehead atoms. The number of benzene rings is 1. The van der Waals surface area contributed by atoms with Crippen LogP contribution in [0.3, 0.4) is 0 Å². The molecule has 1 amide bonds. The van der Waals surface area contributed by atoms with Crippen molar-refractivity contribution < 1.29 is 13.9 Å². The molecule has 0 unspecified atom stereocenters. The molecule has 20 heavy (non-hydrogen) atoms. The Hall–Kier alpha value is -1.99. The maximum atomic E-state index is 13.3. The van der Waals surface area contributed by atoms with Gasteiger partial charge in [-0.1, -0.05) is 11.3 Å². The molecule has 0 saturated carbocycles. The lowest BCUT2D eigenvalue weighted by Crippen LogP contribution is -2.16. The van der Waals surface area contributed by atoms with Gasteiger partial charge in [0.2, 0.25) is 0 Å². The van der Waals surface area contributed by atoms with E-state index in [1.165, 1.54) is 13.2 Å². The second-order valence-corrected chi connectivity index (χ2v) is 5.21. The van der Waals surface area contributed by atoms with Crippen molar-refractivity contribution in [1.82, 2.24) is 4.98 Å². The van der Waals surface area contributed by atoms with Gasteiger partial charge in [0.1, 0.15) is 23.1 Å². The minimum absolute atomic E-state index is 0.0511.